The third-order valence-electron chi connectivity index (χ3n) is 4.68. The number of methoxy groups -OCH3 is 1. The molecule has 2 aromatic rings. The van der Waals surface area contributed by atoms with Crippen molar-refractivity contribution in [1.82, 2.24) is 9.80 Å². The zero-order valence-corrected chi connectivity index (χ0v) is 18.8. The molecule has 1 N–H and O–H groups in total. The van der Waals surface area contributed by atoms with Gasteiger partial charge in [0.25, 0.3) is 5.91 Å². The van der Waals surface area contributed by atoms with Crippen molar-refractivity contribution in [3.63, 3.8) is 0 Å². The van der Waals surface area contributed by atoms with Gasteiger partial charge in [-0.05, 0) is 62.1 Å². The third kappa shape index (κ3) is 7.34. The number of hydrogen-bond acceptors (Lipinski definition) is 5. The summed E-state index contributed by atoms with van der Waals surface area (Å²) in [5, 5.41) is 2.80. The minimum atomic E-state index is -0.384. The highest BCUT2D eigenvalue weighted by Crippen LogP contribution is 2.25. The second-order valence-electron chi connectivity index (χ2n) is 7.76. The van der Waals surface area contributed by atoms with Crippen molar-refractivity contribution < 1.29 is 18.7 Å². The van der Waals surface area contributed by atoms with Crippen LogP contribution in [0.15, 0.2) is 42.5 Å². The molecule has 0 spiro atoms. The largest absolute Gasteiger partial charge is 0.377 e. The van der Waals surface area contributed by atoms with Gasteiger partial charge in [-0.1, -0.05) is 0 Å². The van der Waals surface area contributed by atoms with E-state index in [1.807, 2.05) is 56.2 Å². The molecule has 168 valence electrons. The van der Waals surface area contributed by atoms with Crippen molar-refractivity contribution in [3.05, 3.63) is 59.4 Å². The molecule has 0 saturated heterocycles. The van der Waals surface area contributed by atoms with Gasteiger partial charge in [-0.15, -0.1) is 0 Å². The molecule has 0 aliphatic rings. The fourth-order valence-corrected chi connectivity index (χ4v) is 3.11. The third-order valence-corrected chi connectivity index (χ3v) is 4.68. The average Bonchev–Trinajstić information content (AvgIpc) is 2.71. The lowest BCUT2D eigenvalue weighted by Crippen LogP contribution is -2.36. The summed E-state index contributed by atoms with van der Waals surface area (Å²) >= 11 is 0. The number of anilines is 2. The molecule has 0 aliphatic carbocycles. The Hall–Kier alpha value is -2.97. The van der Waals surface area contributed by atoms with Crippen LogP contribution in [-0.2, 0) is 16.1 Å². The first kappa shape index (κ1) is 24.3. The van der Waals surface area contributed by atoms with Crippen LogP contribution in [0.1, 0.15) is 15.9 Å². The van der Waals surface area contributed by atoms with Gasteiger partial charge in [0.05, 0.1) is 0 Å². The molecule has 8 heteroatoms. The number of likely N-dealkylation sites (N-methyl/N-ethyl adjacent to an activating group) is 1. The van der Waals surface area contributed by atoms with E-state index in [1.54, 1.807) is 4.90 Å². The predicted octanol–water partition coefficient (Wildman–Crippen LogP) is 2.68. The number of rotatable bonds is 10. The van der Waals surface area contributed by atoms with Crippen LogP contribution in [0.4, 0.5) is 15.8 Å². The first-order valence-electron chi connectivity index (χ1n) is 10.00. The van der Waals surface area contributed by atoms with Crippen LogP contribution in [-0.4, -0.2) is 76.6 Å². The lowest BCUT2D eigenvalue weighted by molar-refractivity contribution is -0.119. The number of benzene rings is 2. The molecular weight excluding hydrogens is 399 g/mol. The second-order valence-corrected chi connectivity index (χ2v) is 7.76. The second kappa shape index (κ2) is 11.4. The van der Waals surface area contributed by atoms with E-state index in [-0.39, 0.29) is 24.2 Å². The lowest BCUT2D eigenvalue weighted by atomic mass is 10.1. The number of halogens is 1. The average molecular weight is 431 g/mol. The van der Waals surface area contributed by atoms with Gasteiger partial charge in [0.15, 0.2) is 0 Å². The zero-order chi connectivity index (χ0) is 23.0. The first-order valence-corrected chi connectivity index (χ1v) is 10.00. The molecule has 7 nitrogen and oxygen atoms in total. The van der Waals surface area contributed by atoms with E-state index in [2.05, 4.69) is 5.32 Å². The summed E-state index contributed by atoms with van der Waals surface area (Å²) in [6, 6.07) is 11.2. The maximum atomic E-state index is 13.3. The number of ether oxygens (including phenoxy) is 1. The van der Waals surface area contributed by atoms with Gasteiger partial charge in [0.1, 0.15) is 12.4 Å². The number of hydrogen-bond donors (Lipinski definition) is 1. The summed E-state index contributed by atoms with van der Waals surface area (Å²) in [7, 11) is 9.20. The molecule has 0 atom stereocenters. The molecule has 31 heavy (non-hydrogen) atoms. The van der Waals surface area contributed by atoms with Gasteiger partial charge in [-0.25, -0.2) is 4.39 Å². The van der Waals surface area contributed by atoms with Gasteiger partial charge < -0.3 is 24.8 Å². The summed E-state index contributed by atoms with van der Waals surface area (Å²) in [5.74, 6) is -0.816. The maximum Gasteiger partial charge on any atom is 0.254 e. The summed E-state index contributed by atoms with van der Waals surface area (Å²) in [6.07, 6.45) is 0. The van der Waals surface area contributed by atoms with E-state index >= 15 is 0 Å². The summed E-state index contributed by atoms with van der Waals surface area (Å²) in [5.41, 5.74) is 2.88. The molecule has 0 fully saturated rings. The van der Waals surface area contributed by atoms with E-state index in [0.717, 1.165) is 11.3 Å². The molecule has 0 bridgehead atoms. The van der Waals surface area contributed by atoms with E-state index in [0.29, 0.717) is 30.9 Å². The molecule has 0 radical (unpaired) electrons. The Bertz CT molecular complexity index is 885. The number of nitrogens with one attached hydrogen (secondary N) is 1. The van der Waals surface area contributed by atoms with Crippen molar-refractivity contribution in [3.8, 4) is 0 Å². The van der Waals surface area contributed by atoms with Gasteiger partial charge in [-0.2, -0.15) is 0 Å². The van der Waals surface area contributed by atoms with Crippen LogP contribution < -0.4 is 10.2 Å². The Balaban J connectivity index is 2.34. The van der Waals surface area contributed by atoms with E-state index in [9.17, 15) is 14.0 Å². The van der Waals surface area contributed by atoms with Crippen LogP contribution in [0.5, 0.6) is 0 Å². The van der Waals surface area contributed by atoms with E-state index in [4.69, 9.17) is 4.74 Å². The van der Waals surface area contributed by atoms with Gasteiger partial charge in [0, 0.05) is 57.8 Å². The standard InChI is InChI=1S/C23H31FN4O3/c1-26(2)12-13-28(23(30)17-6-8-19(24)9-7-17)15-18-14-20(25-22(29)16-31-5)10-11-21(18)27(3)4/h6-11,14H,12-13,15-16H2,1-5H3,(H,25,29). The maximum absolute atomic E-state index is 13.3. The molecule has 2 rings (SSSR count). The Morgan fingerprint density at radius 2 is 1.68 bits per heavy atom. The number of amides is 2. The predicted molar refractivity (Wildman–Crippen MR) is 121 cm³/mol. The van der Waals surface area contributed by atoms with Crippen molar-refractivity contribution in [2.75, 3.05) is 65.2 Å². The number of nitrogens with zero attached hydrogens (tertiary/aromatic N) is 3. The Kier molecular flexibility index (Phi) is 8.96. The van der Waals surface area contributed by atoms with Crippen LogP contribution >= 0.6 is 0 Å². The highest BCUT2D eigenvalue weighted by molar-refractivity contribution is 5.94. The number of carbonyl (C=O) groups excluding carboxylic acids is 2. The van der Waals surface area contributed by atoms with Gasteiger partial charge in [0.2, 0.25) is 5.91 Å². The molecule has 0 aliphatic heterocycles. The minimum absolute atomic E-state index is 0.0389. The topological polar surface area (TPSA) is 65.1 Å². The van der Waals surface area contributed by atoms with Crippen LogP contribution in [0.3, 0.4) is 0 Å². The number of carbonyl (C=O) groups is 2. The fraction of sp³-hybridized carbons (Fsp3) is 0.391. The molecule has 0 saturated carbocycles. The Morgan fingerprint density at radius 3 is 2.26 bits per heavy atom. The summed E-state index contributed by atoms with van der Waals surface area (Å²) in [4.78, 5) is 30.8. The van der Waals surface area contributed by atoms with E-state index < -0.39 is 0 Å². The fourth-order valence-electron chi connectivity index (χ4n) is 3.11. The first-order chi connectivity index (χ1) is 14.7. The van der Waals surface area contributed by atoms with Gasteiger partial charge >= 0.3 is 0 Å². The quantitative estimate of drug-likeness (QED) is 0.628. The molecule has 0 aromatic heterocycles. The monoisotopic (exact) mass is 430 g/mol. The van der Waals surface area contributed by atoms with Crippen LogP contribution in [0.2, 0.25) is 0 Å². The van der Waals surface area contributed by atoms with E-state index in [1.165, 1.54) is 31.4 Å². The summed E-state index contributed by atoms with van der Waals surface area (Å²) < 4.78 is 18.2. The Morgan fingerprint density at radius 1 is 1.00 bits per heavy atom. The molecule has 2 amide bonds. The SMILES string of the molecule is COCC(=O)Nc1ccc(N(C)C)c(CN(CCN(C)C)C(=O)c2ccc(F)cc2)c1. The van der Waals surface area contributed by atoms with Crippen LogP contribution in [0, 0.1) is 5.82 Å². The molecule has 0 heterocycles. The zero-order valence-electron chi connectivity index (χ0n) is 18.8. The van der Waals surface area contributed by atoms with Gasteiger partial charge in [-0.3, -0.25) is 9.59 Å². The Labute approximate surface area is 183 Å². The van der Waals surface area contributed by atoms with Crippen molar-refractivity contribution >= 4 is 23.2 Å². The highest BCUT2D eigenvalue weighted by atomic mass is 19.1. The normalized spacial score (nSPS) is 10.8. The van der Waals surface area contributed by atoms with Crippen molar-refractivity contribution in [2.45, 2.75) is 6.54 Å². The van der Waals surface area contributed by atoms with Crippen molar-refractivity contribution in [1.29, 1.82) is 0 Å². The molecule has 2 aromatic carbocycles. The van der Waals surface area contributed by atoms with Crippen LogP contribution in [0.25, 0.3) is 0 Å². The summed E-state index contributed by atoms with van der Waals surface area (Å²) in [6.45, 7) is 1.47. The highest BCUT2D eigenvalue weighted by Gasteiger charge is 2.19. The smallest absolute Gasteiger partial charge is 0.254 e. The molecule has 0 unspecified atom stereocenters. The minimum Gasteiger partial charge on any atom is -0.377 e. The van der Waals surface area contributed by atoms with Crippen molar-refractivity contribution in [2.24, 2.45) is 0 Å². The lowest BCUT2D eigenvalue weighted by Gasteiger charge is -2.27. The molecular formula is C23H31FN4O3.